The minimum atomic E-state index is -0.389. The Bertz CT molecular complexity index is 1610. The molecule has 184 valence electrons. The van der Waals surface area contributed by atoms with Gasteiger partial charge < -0.3 is 10.1 Å². The lowest BCUT2D eigenvalue weighted by Crippen LogP contribution is -2.28. The molecule has 0 spiro atoms. The Morgan fingerprint density at radius 1 is 1.03 bits per heavy atom. The number of nitrogens with zero attached hydrogens (tertiary/aromatic N) is 5. The number of unbranched alkanes of at least 4 members (excludes halogenated alkanes) is 1. The maximum atomic E-state index is 12.9. The van der Waals surface area contributed by atoms with Crippen molar-refractivity contribution in [2.24, 2.45) is 0 Å². The number of aromatic nitrogens is 5. The maximum Gasteiger partial charge on any atom is 0.350 e. The lowest BCUT2D eigenvalue weighted by molar-refractivity contribution is -0.117. The second-order valence-electron chi connectivity index (χ2n) is 8.88. The third-order valence-corrected chi connectivity index (χ3v) is 6.06. The Morgan fingerprint density at radius 2 is 1.83 bits per heavy atom. The van der Waals surface area contributed by atoms with Crippen molar-refractivity contribution in [1.29, 1.82) is 0 Å². The van der Waals surface area contributed by atoms with Crippen LogP contribution in [0.25, 0.3) is 22.4 Å². The molecule has 5 aromatic rings. The number of ether oxygens (including phenoxy) is 1. The first kappa shape index (κ1) is 23.3. The van der Waals surface area contributed by atoms with Crippen molar-refractivity contribution < 1.29 is 9.53 Å². The normalized spacial score (nSPS) is 11.3. The fourth-order valence-electron chi connectivity index (χ4n) is 4.11. The molecule has 0 unspecified atom stereocenters. The highest BCUT2D eigenvalue weighted by Crippen LogP contribution is 2.24. The van der Waals surface area contributed by atoms with Gasteiger partial charge in [-0.15, -0.1) is 5.10 Å². The maximum absolute atomic E-state index is 12.9. The van der Waals surface area contributed by atoms with Crippen molar-refractivity contribution >= 4 is 22.8 Å². The van der Waals surface area contributed by atoms with Gasteiger partial charge in [0.25, 0.3) is 0 Å². The molecule has 0 aliphatic heterocycles. The number of amides is 1. The molecule has 5 rings (SSSR count). The summed E-state index contributed by atoms with van der Waals surface area (Å²) in [5, 5.41) is 12.0. The minimum absolute atomic E-state index is 0.194. The summed E-state index contributed by atoms with van der Waals surface area (Å²) in [6.07, 6.45) is 5.42. The van der Waals surface area contributed by atoms with Gasteiger partial charge in [-0.25, -0.2) is 18.4 Å². The third-order valence-electron chi connectivity index (χ3n) is 6.06. The molecule has 0 fully saturated rings. The summed E-state index contributed by atoms with van der Waals surface area (Å²) in [4.78, 5) is 25.6. The minimum Gasteiger partial charge on any atom is -0.494 e. The second kappa shape index (κ2) is 9.69. The molecule has 0 saturated heterocycles. The number of carbonyl (C=O) groups is 1. The van der Waals surface area contributed by atoms with E-state index in [4.69, 9.17) is 4.74 Å². The molecule has 0 radical (unpaired) electrons. The quantitative estimate of drug-likeness (QED) is 0.332. The lowest BCUT2D eigenvalue weighted by Gasteiger charge is -2.08. The Morgan fingerprint density at radius 3 is 2.58 bits per heavy atom. The predicted octanol–water partition coefficient (Wildman–Crippen LogP) is 4.25. The summed E-state index contributed by atoms with van der Waals surface area (Å²) in [5.41, 5.74) is 5.17. The molecule has 2 aromatic carbocycles. The molecular formula is C27H28N6O3. The van der Waals surface area contributed by atoms with E-state index in [-0.39, 0.29) is 18.1 Å². The van der Waals surface area contributed by atoms with Crippen molar-refractivity contribution in [2.45, 2.75) is 40.2 Å². The number of carbonyl (C=O) groups excluding carboxylic acids is 1. The SMILES string of the molecule is CCCCOc1ccc(-c2cc3c4nn(CC(=O)Nc5ccc(C)cc5C)c(=O)n4ccn3n2)cc1. The van der Waals surface area contributed by atoms with Gasteiger partial charge in [-0.3, -0.25) is 4.79 Å². The van der Waals surface area contributed by atoms with E-state index in [1.54, 1.807) is 16.9 Å². The number of anilines is 1. The summed E-state index contributed by atoms with van der Waals surface area (Å²) in [5.74, 6) is 0.502. The van der Waals surface area contributed by atoms with E-state index in [1.807, 2.05) is 62.4 Å². The first-order valence-electron chi connectivity index (χ1n) is 12.0. The van der Waals surface area contributed by atoms with Gasteiger partial charge in [-0.1, -0.05) is 31.0 Å². The van der Waals surface area contributed by atoms with Gasteiger partial charge in [0, 0.05) is 23.6 Å². The zero-order chi connectivity index (χ0) is 25.2. The van der Waals surface area contributed by atoms with Gasteiger partial charge in [-0.05, 0) is 62.2 Å². The number of aryl methyl sites for hydroxylation is 2. The molecule has 0 bridgehead atoms. The third kappa shape index (κ3) is 4.59. The summed E-state index contributed by atoms with van der Waals surface area (Å²) >= 11 is 0. The van der Waals surface area contributed by atoms with Crippen LogP contribution in [0.2, 0.25) is 0 Å². The molecule has 3 aromatic heterocycles. The van der Waals surface area contributed by atoms with Crippen LogP contribution < -0.4 is 15.7 Å². The molecule has 1 N–H and O–H groups in total. The average Bonchev–Trinajstić information content (AvgIpc) is 3.43. The lowest BCUT2D eigenvalue weighted by atomic mass is 10.1. The van der Waals surface area contributed by atoms with Crippen molar-refractivity contribution in [3.63, 3.8) is 0 Å². The van der Waals surface area contributed by atoms with Crippen molar-refractivity contribution in [3.05, 3.63) is 82.5 Å². The van der Waals surface area contributed by atoms with Crippen LogP contribution in [-0.2, 0) is 11.3 Å². The van der Waals surface area contributed by atoms with Crippen LogP contribution in [0.15, 0.2) is 65.7 Å². The topological polar surface area (TPSA) is 94.9 Å². The molecule has 36 heavy (non-hydrogen) atoms. The number of fused-ring (bicyclic) bond motifs is 3. The zero-order valence-corrected chi connectivity index (χ0v) is 20.6. The number of nitrogens with one attached hydrogen (secondary N) is 1. The van der Waals surface area contributed by atoms with Crippen LogP contribution >= 0.6 is 0 Å². The van der Waals surface area contributed by atoms with E-state index >= 15 is 0 Å². The molecule has 0 saturated carbocycles. The number of benzene rings is 2. The van der Waals surface area contributed by atoms with Crippen LogP contribution in [0, 0.1) is 13.8 Å². The van der Waals surface area contributed by atoms with E-state index in [1.165, 1.54) is 9.08 Å². The van der Waals surface area contributed by atoms with Gasteiger partial charge in [0.05, 0.1) is 12.3 Å². The molecular weight excluding hydrogens is 456 g/mol. The fraction of sp³-hybridized carbons (Fsp3) is 0.259. The van der Waals surface area contributed by atoms with Crippen LogP contribution in [-0.4, -0.2) is 36.3 Å². The highest BCUT2D eigenvalue weighted by atomic mass is 16.5. The van der Waals surface area contributed by atoms with Crippen LogP contribution in [0.4, 0.5) is 5.69 Å². The first-order valence-corrected chi connectivity index (χ1v) is 12.0. The fourth-order valence-corrected chi connectivity index (χ4v) is 4.11. The average molecular weight is 485 g/mol. The smallest absolute Gasteiger partial charge is 0.350 e. The Kier molecular flexibility index (Phi) is 6.28. The van der Waals surface area contributed by atoms with Gasteiger partial charge in [0.2, 0.25) is 5.91 Å². The zero-order valence-electron chi connectivity index (χ0n) is 20.6. The highest BCUT2D eigenvalue weighted by molar-refractivity contribution is 5.91. The molecule has 1 amide bonds. The van der Waals surface area contributed by atoms with Crippen LogP contribution in [0.5, 0.6) is 5.75 Å². The molecule has 0 aliphatic carbocycles. The van der Waals surface area contributed by atoms with Gasteiger partial charge >= 0.3 is 5.69 Å². The monoisotopic (exact) mass is 484 g/mol. The summed E-state index contributed by atoms with van der Waals surface area (Å²) < 4.78 is 10.0. The Balaban J connectivity index is 1.40. The largest absolute Gasteiger partial charge is 0.494 e. The van der Waals surface area contributed by atoms with E-state index < -0.39 is 0 Å². The van der Waals surface area contributed by atoms with Crippen LogP contribution in [0.1, 0.15) is 30.9 Å². The van der Waals surface area contributed by atoms with Crippen molar-refractivity contribution in [2.75, 3.05) is 11.9 Å². The molecule has 9 heteroatoms. The molecule has 0 aliphatic rings. The standard InChI is InChI=1S/C27H28N6O3/c1-4-5-14-36-21-9-7-20(8-10-21)23-16-24-26-30-33(27(35)31(26)12-13-32(24)29-23)17-25(34)28-22-11-6-18(2)15-19(22)3/h6-13,15-16H,4-5,14,17H2,1-3H3,(H,28,34). The van der Waals surface area contributed by atoms with E-state index in [0.717, 1.165) is 41.0 Å². The number of rotatable bonds is 8. The van der Waals surface area contributed by atoms with Gasteiger partial charge in [0.1, 0.15) is 17.8 Å². The van der Waals surface area contributed by atoms with Gasteiger partial charge in [0.15, 0.2) is 5.65 Å². The molecule has 0 atom stereocenters. The molecule has 9 nitrogen and oxygen atoms in total. The second-order valence-corrected chi connectivity index (χ2v) is 8.88. The molecule has 3 heterocycles. The van der Waals surface area contributed by atoms with Crippen LogP contribution in [0.3, 0.4) is 0 Å². The van der Waals surface area contributed by atoms with Crippen molar-refractivity contribution in [3.8, 4) is 17.0 Å². The van der Waals surface area contributed by atoms with Gasteiger partial charge in [-0.2, -0.15) is 5.10 Å². The van der Waals surface area contributed by atoms with E-state index in [9.17, 15) is 9.59 Å². The van der Waals surface area contributed by atoms with E-state index in [0.29, 0.717) is 23.5 Å². The summed E-state index contributed by atoms with van der Waals surface area (Å²) in [6.45, 7) is 6.56. The highest BCUT2D eigenvalue weighted by Gasteiger charge is 2.16. The van der Waals surface area contributed by atoms with Crippen molar-refractivity contribution in [1.82, 2.24) is 23.8 Å². The predicted molar refractivity (Wildman–Crippen MR) is 139 cm³/mol. The number of hydrogen-bond acceptors (Lipinski definition) is 5. The first-order chi connectivity index (χ1) is 17.4. The summed E-state index contributed by atoms with van der Waals surface area (Å²) in [7, 11) is 0. The Labute approximate surface area is 207 Å². The Hall–Kier alpha value is -4.40. The summed E-state index contributed by atoms with van der Waals surface area (Å²) in [6, 6.07) is 15.4. The van der Waals surface area contributed by atoms with E-state index in [2.05, 4.69) is 22.4 Å². The number of hydrogen-bond donors (Lipinski definition) is 1.